The highest BCUT2D eigenvalue weighted by Gasteiger charge is 2.27. The number of nitrogens with one attached hydrogen (secondary N) is 2. The van der Waals surface area contributed by atoms with Crippen molar-refractivity contribution >= 4 is 24.1 Å². The molecule has 2 amide bonds. The average molecular weight is 591 g/mol. The molecular weight excluding hydrogens is 548 g/mol. The fourth-order valence-corrected chi connectivity index (χ4v) is 3.38. The van der Waals surface area contributed by atoms with Gasteiger partial charge in [0.25, 0.3) is 0 Å². The Bertz CT molecular complexity index is 1110. The summed E-state index contributed by atoms with van der Waals surface area (Å²) in [5.41, 5.74) is -0.271. The second-order valence-corrected chi connectivity index (χ2v) is 11.1. The van der Waals surface area contributed by atoms with Crippen LogP contribution in [-0.2, 0) is 41.4 Å². The van der Waals surface area contributed by atoms with E-state index in [0.29, 0.717) is 11.1 Å². The molecule has 0 spiro atoms. The first-order valence-electron chi connectivity index (χ1n) is 13.1. The fraction of sp³-hybridized carbons (Fsp3) is 0.467. The lowest BCUT2D eigenvalue weighted by Crippen LogP contribution is -2.45. The van der Waals surface area contributed by atoms with Crippen LogP contribution < -0.4 is 10.6 Å². The third-order valence-corrected chi connectivity index (χ3v) is 5.18. The van der Waals surface area contributed by atoms with E-state index in [0.717, 1.165) is 0 Å². The maximum absolute atomic E-state index is 11.8. The van der Waals surface area contributed by atoms with Gasteiger partial charge in [-0.15, -0.1) is 0 Å². The van der Waals surface area contributed by atoms with Crippen LogP contribution in [0.2, 0.25) is 0 Å². The second-order valence-electron chi connectivity index (χ2n) is 11.1. The quantitative estimate of drug-likeness (QED) is 0.260. The molecule has 0 aromatic heterocycles. The maximum atomic E-state index is 11.8. The van der Waals surface area contributed by atoms with Crippen LogP contribution in [0, 0.1) is 0 Å². The zero-order valence-corrected chi connectivity index (χ0v) is 25.3. The highest BCUT2D eigenvalue weighted by atomic mass is 16.6. The zero-order chi connectivity index (χ0) is 32.1. The summed E-state index contributed by atoms with van der Waals surface area (Å²) in [6.45, 7) is 10.3. The number of esters is 2. The number of aromatic hydroxyl groups is 2. The van der Waals surface area contributed by atoms with Crippen molar-refractivity contribution < 1.29 is 48.3 Å². The van der Waals surface area contributed by atoms with Gasteiger partial charge in [0.15, 0.2) is 0 Å². The van der Waals surface area contributed by atoms with Crippen LogP contribution in [0.4, 0.5) is 9.59 Å². The normalized spacial score (nSPS) is 12.4. The molecule has 12 nitrogen and oxygen atoms in total. The van der Waals surface area contributed by atoms with Gasteiger partial charge in [-0.3, -0.25) is 0 Å². The lowest BCUT2D eigenvalue weighted by Gasteiger charge is -2.22. The van der Waals surface area contributed by atoms with Crippen LogP contribution in [0.3, 0.4) is 0 Å². The van der Waals surface area contributed by atoms with Crippen LogP contribution in [0.15, 0.2) is 48.5 Å². The van der Waals surface area contributed by atoms with E-state index >= 15 is 0 Å². The van der Waals surface area contributed by atoms with Gasteiger partial charge in [-0.05, 0) is 64.8 Å². The lowest BCUT2D eigenvalue weighted by molar-refractivity contribution is -0.143. The molecule has 12 heteroatoms. The number of hydrogen-bond acceptors (Lipinski definition) is 10. The Morgan fingerprint density at radius 1 is 0.643 bits per heavy atom. The smallest absolute Gasteiger partial charge is 0.408 e. The molecule has 0 heterocycles. The average Bonchev–Trinajstić information content (AvgIpc) is 2.87. The second kappa shape index (κ2) is 16.1. The predicted molar refractivity (Wildman–Crippen MR) is 154 cm³/mol. The number of para-hydroxylation sites is 2. The maximum Gasteiger partial charge on any atom is 0.408 e. The SMILES string of the molecule is COC(=O)[C@@H](Cc1ccccc1O)NC(=O)OC(C)(C)C.COC(=O)[C@H](Cc1ccccc1O)NC(=O)OC(C)(C)C. The van der Waals surface area contributed by atoms with Crippen molar-refractivity contribution in [2.24, 2.45) is 0 Å². The first-order chi connectivity index (χ1) is 19.5. The largest absolute Gasteiger partial charge is 0.508 e. The summed E-state index contributed by atoms with van der Waals surface area (Å²) in [6, 6.07) is 11.3. The molecule has 4 N–H and O–H groups in total. The number of phenolic OH excluding ortho intramolecular Hbond substituents is 2. The first-order valence-corrected chi connectivity index (χ1v) is 13.1. The van der Waals surface area contributed by atoms with E-state index in [-0.39, 0.29) is 24.3 Å². The van der Waals surface area contributed by atoms with E-state index in [1.807, 2.05) is 0 Å². The van der Waals surface area contributed by atoms with Gasteiger partial charge in [0.1, 0.15) is 34.8 Å². The number of carbonyl (C=O) groups excluding carboxylic acids is 4. The van der Waals surface area contributed by atoms with E-state index in [9.17, 15) is 29.4 Å². The Balaban J connectivity index is 0.000000420. The minimum atomic E-state index is -0.932. The molecule has 0 aliphatic carbocycles. The monoisotopic (exact) mass is 590 g/mol. The molecule has 0 aliphatic rings. The van der Waals surface area contributed by atoms with E-state index in [4.69, 9.17) is 9.47 Å². The Hall–Kier alpha value is -4.48. The number of benzene rings is 2. The standard InChI is InChI=1S/2C15H21NO5/c2*1-15(2,3)21-14(19)16-11(13(18)20-4)9-10-7-5-6-8-12(10)17/h2*5-8,11,17H,9H2,1-4H3,(H,16,19)/t2*11-/m10/s1. The van der Waals surface area contributed by atoms with E-state index in [1.165, 1.54) is 26.4 Å². The van der Waals surface area contributed by atoms with Crippen molar-refractivity contribution in [3.8, 4) is 11.5 Å². The number of phenols is 2. The van der Waals surface area contributed by atoms with Crippen LogP contribution >= 0.6 is 0 Å². The van der Waals surface area contributed by atoms with Crippen molar-refractivity contribution in [2.75, 3.05) is 14.2 Å². The summed E-state index contributed by atoms with van der Waals surface area (Å²) in [5.74, 6) is -1.11. The molecular formula is C30H42N2O10. The summed E-state index contributed by atoms with van der Waals surface area (Å²) in [5, 5.41) is 24.4. The summed E-state index contributed by atoms with van der Waals surface area (Å²) in [4.78, 5) is 47.0. The van der Waals surface area contributed by atoms with Gasteiger partial charge < -0.3 is 39.8 Å². The highest BCUT2D eigenvalue weighted by Crippen LogP contribution is 2.19. The number of alkyl carbamates (subject to hydrolysis) is 2. The van der Waals surface area contributed by atoms with Gasteiger partial charge in [0, 0.05) is 12.8 Å². The Labute approximate surface area is 246 Å². The van der Waals surface area contributed by atoms with Gasteiger partial charge in [-0.2, -0.15) is 0 Å². The Kier molecular flexibility index (Phi) is 13.6. The lowest BCUT2D eigenvalue weighted by atomic mass is 10.1. The van der Waals surface area contributed by atoms with Gasteiger partial charge in [-0.25, -0.2) is 19.2 Å². The molecule has 0 fully saturated rings. The molecule has 0 aliphatic heterocycles. The summed E-state index contributed by atoms with van der Waals surface area (Å²) >= 11 is 0. The van der Waals surface area contributed by atoms with Crippen molar-refractivity contribution in [3.05, 3.63) is 59.7 Å². The molecule has 2 rings (SSSR count). The van der Waals surface area contributed by atoms with E-state index in [2.05, 4.69) is 20.1 Å². The van der Waals surface area contributed by atoms with Gasteiger partial charge in [0.05, 0.1) is 14.2 Å². The van der Waals surface area contributed by atoms with Crippen LogP contribution in [0.5, 0.6) is 11.5 Å². The molecule has 0 unspecified atom stereocenters. The van der Waals surface area contributed by atoms with Crippen molar-refractivity contribution in [1.82, 2.24) is 10.6 Å². The summed E-state index contributed by atoms with van der Waals surface area (Å²) in [6.07, 6.45) is -1.21. The summed E-state index contributed by atoms with van der Waals surface area (Å²) in [7, 11) is 2.47. The van der Waals surface area contributed by atoms with Crippen LogP contribution in [-0.4, -0.2) is 71.8 Å². The van der Waals surface area contributed by atoms with Crippen molar-refractivity contribution in [1.29, 1.82) is 0 Å². The molecule has 2 aromatic rings. The minimum Gasteiger partial charge on any atom is -0.508 e. The topological polar surface area (TPSA) is 170 Å². The molecule has 42 heavy (non-hydrogen) atoms. The number of amides is 2. The number of hydrogen-bond donors (Lipinski definition) is 4. The van der Waals surface area contributed by atoms with Crippen LogP contribution in [0.25, 0.3) is 0 Å². The third-order valence-electron chi connectivity index (χ3n) is 5.18. The van der Waals surface area contributed by atoms with E-state index < -0.39 is 47.4 Å². The molecule has 0 radical (unpaired) electrons. The third kappa shape index (κ3) is 13.7. The molecule has 0 bridgehead atoms. The Morgan fingerprint density at radius 2 is 0.952 bits per heavy atom. The van der Waals surface area contributed by atoms with Crippen LogP contribution in [0.1, 0.15) is 52.7 Å². The number of ether oxygens (including phenoxy) is 4. The zero-order valence-electron chi connectivity index (χ0n) is 25.3. The molecule has 232 valence electrons. The molecule has 0 saturated carbocycles. The summed E-state index contributed by atoms with van der Waals surface area (Å²) < 4.78 is 19.6. The van der Waals surface area contributed by atoms with Gasteiger partial charge in [-0.1, -0.05) is 36.4 Å². The Morgan fingerprint density at radius 3 is 1.21 bits per heavy atom. The molecule has 2 atom stereocenters. The number of rotatable bonds is 8. The van der Waals surface area contributed by atoms with Crippen molar-refractivity contribution in [2.45, 2.75) is 77.7 Å². The van der Waals surface area contributed by atoms with Gasteiger partial charge >= 0.3 is 24.1 Å². The van der Waals surface area contributed by atoms with Crippen molar-refractivity contribution in [3.63, 3.8) is 0 Å². The number of methoxy groups -OCH3 is 2. The highest BCUT2D eigenvalue weighted by molar-refractivity contribution is 5.82. The molecule has 2 aromatic carbocycles. The number of carbonyl (C=O) groups is 4. The van der Waals surface area contributed by atoms with E-state index in [1.54, 1.807) is 77.9 Å². The molecule has 0 saturated heterocycles. The van der Waals surface area contributed by atoms with Gasteiger partial charge in [0.2, 0.25) is 0 Å². The first kappa shape index (κ1) is 35.5. The fourth-order valence-electron chi connectivity index (χ4n) is 3.38. The predicted octanol–water partition coefficient (Wildman–Crippen LogP) is 4.00. The minimum absolute atomic E-state index is 0.0531.